The normalized spacial score (nSPS) is 19.5. The first-order chi connectivity index (χ1) is 14.4. The number of unbranched alkanes of at least 4 members (excludes halogenated alkanes) is 3. The lowest BCUT2D eigenvalue weighted by Gasteiger charge is -2.38. The number of ketones is 1. The van der Waals surface area contributed by atoms with E-state index in [-0.39, 0.29) is 5.78 Å². The lowest BCUT2D eigenvalue weighted by molar-refractivity contribution is -0.148. The second-order valence-electron chi connectivity index (χ2n) is 8.76. The summed E-state index contributed by atoms with van der Waals surface area (Å²) in [6.45, 7) is 3.53. The van der Waals surface area contributed by atoms with Gasteiger partial charge in [-0.25, -0.2) is 4.98 Å². The van der Waals surface area contributed by atoms with Gasteiger partial charge in [-0.05, 0) is 63.5 Å². The highest BCUT2D eigenvalue weighted by Gasteiger charge is 2.40. The van der Waals surface area contributed by atoms with Crippen LogP contribution in [0.25, 0.3) is 0 Å². The molecule has 3 rings (SSSR count). The molecule has 0 radical (unpaired) electrons. The Morgan fingerprint density at radius 2 is 1.93 bits per heavy atom. The first-order valence-electron chi connectivity index (χ1n) is 11.3. The Morgan fingerprint density at radius 3 is 2.67 bits per heavy atom. The molecule has 3 N–H and O–H groups in total. The van der Waals surface area contributed by atoms with Crippen molar-refractivity contribution in [2.45, 2.75) is 82.8 Å². The number of aliphatic carboxylic acids is 1. The molecular formula is C23H35N3O4. The van der Waals surface area contributed by atoms with Crippen LogP contribution in [0.1, 0.15) is 69.5 Å². The van der Waals surface area contributed by atoms with E-state index in [0.717, 1.165) is 56.6 Å². The third-order valence-electron chi connectivity index (χ3n) is 6.59. The Balaban J connectivity index is 1.32. The number of rotatable bonds is 10. The summed E-state index contributed by atoms with van der Waals surface area (Å²) in [6.07, 6.45) is 8.10. The average Bonchev–Trinajstić information content (AvgIpc) is 2.75. The van der Waals surface area contributed by atoms with Gasteiger partial charge in [-0.3, -0.25) is 14.5 Å². The van der Waals surface area contributed by atoms with E-state index in [1.54, 1.807) is 6.92 Å². The van der Waals surface area contributed by atoms with Crippen molar-refractivity contribution in [2.24, 2.45) is 0 Å². The summed E-state index contributed by atoms with van der Waals surface area (Å²) in [5, 5.41) is 23.2. The van der Waals surface area contributed by atoms with Gasteiger partial charge < -0.3 is 15.5 Å². The molecule has 0 bridgehead atoms. The predicted octanol–water partition coefficient (Wildman–Crippen LogP) is 2.80. The minimum Gasteiger partial charge on any atom is -0.480 e. The number of hydrogen-bond acceptors (Lipinski definition) is 6. The summed E-state index contributed by atoms with van der Waals surface area (Å²) < 4.78 is 0. The Bertz CT molecular complexity index is 744. The van der Waals surface area contributed by atoms with E-state index in [1.165, 1.54) is 12.0 Å². The topological polar surface area (TPSA) is 103 Å². The van der Waals surface area contributed by atoms with Crippen LogP contribution in [0.3, 0.4) is 0 Å². The van der Waals surface area contributed by atoms with Crippen molar-refractivity contribution in [1.82, 2.24) is 9.88 Å². The minimum absolute atomic E-state index is 0.0902. The molecule has 2 aliphatic rings. The summed E-state index contributed by atoms with van der Waals surface area (Å²) in [6, 6.07) is 3.73. The number of hydrogen-bond donors (Lipinski definition) is 3. The molecule has 1 atom stereocenters. The number of carbonyl (C=O) groups is 2. The van der Waals surface area contributed by atoms with Crippen LogP contribution in [0.15, 0.2) is 12.1 Å². The number of carboxylic acid groups (broad SMARTS) is 1. The Kier molecular flexibility index (Phi) is 7.83. The molecule has 1 saturated heterocycles. The summed E-state index contributed by atoms with van der Waals surface area (Å²) in [5.41, 5.74) is 1.15. The fraction of sp³-hybridized carbons (Fsp3) is 0.696. The maximum atomic E-state index is 12.5. The van der Waals surface area contributed by atoms with Gasteiger partial charge in [0.1, 0.15) is 17.5 Å². The van der Waals surface area contributed by atoms with Gasteiger partial charge in [0.2, 0.25) is 0 Å². The number of nitrogens with one attached hydrogen (secondary N) is 1. The van der Waals surface area contributed by atoms with Crippen LogP contribution in [0.4, 0.5) is 5.82 Å². The minimum atomic E-state index is -1.28. The van der Waals surface area contributed by atoms with E-state index < -0.39 is 17.6 Å². The second kappa shape index (κ2) is 10.4. The number of nitrogens with zero attached hydrogens (tertiary/aromatic N) is 2. The predicted molar refractivity (Wildman–Crippen MR) is 116 cm³/mol. The van der Waals surface area contributed by atoms with Crippen LogP contribution in [-0.2, 0) is 22.4 Å². The number of Topliss-reactive ketones (excluding diaryl/α,β-unsaturated/α-hetero) is 1. The second-order valence-corrected chi connectivity index (χ2v) is 8.76. The van der Waals surface area contributed by atoms with Gasteiger partial charge in [-0.15, -0.1) is 0 Å². The number of pyridine rings is 1. The van der Waals surface area contributed by atoms with E-state index in [9.17, 15) is 14.7 Å². The van der Waals surface area contributed by atoms with Gasteiger partial charge in [0.15, 0.2) is 5.78 Å². The first-order valence-corrected chi connectivity index (χ1v) is 11.3. The molecule has 7 heteroatoms. The number of carboxylic acids is 1. The van der Waals surface area contributed by atoms with Crippen LogP contribution < -0.4 is 5.32 Å². The molecule has 3 heterocycles. The van der Waals surface area contributed by atoms with E-state index in [4.69, 9.17) is 10.1 Å². The van der Waals surface area contributed by atoms with Crippen molar-refractivity contribution in [3.8, 4) is 0 Å². The van der Waals surface area contributed by atoms with Crippen LogP contribution in [0.5, 0.6) is 0 Å². The molecule has 1 fully saturated rings. The average molecular weight is 418 g/mol. The van der Waals surface area contributed by atoms with Gasteiger partial charge in [-0.2, -0.15) is 0 Å². The number of fused-ring (bicyclic) bond motifs is 1. The Hall–Kier alpha value is -1.99. The molecule has 1 unspecified atom stereocenters. The third-order valence-corrected chi connectivity index (χ3v) is 6.59. The molecule has 0 spiro atoms. The SMILES string of the molecule is CC(C(=O)O)N1CCC(O)(C(=O)CCCCCCc2ccc3c(n2)NCCC3)CC1. The smallest absolute Gasteiger partial charge is 0.320 e. The molecule has 166 valence electrons. The molecule has 1 aromatic heterocycles. The van der Waals surface area contributed by atoms with Gasteiger partial charge in [-0.1, -0.05) is 18.9 Å². The lowest BCUT2D eigenvalue weighted by atomic mass is 9.84. The van der Waals surface area contributed by atoms with Crippen molar-refractivity contribution in [3.05, 3.63) is 23.4 Å². The zero-order chi connectivity index (χ0) is 21.6. The maximum Gasteiger partial charge on any atom is 0.320 e. The van der Waals surface area contributed by atoms with Gasteiger partial charge in [0.05, 0.1) is 0 Å². The van der Waals surface area contributed by atoms with E-state index in [1.807, 2.05) is 4.90 Å². The largest absolute Gasteiger partial charge is 0.480 e. The number of aromatic nitrogens is 1. The number of aliphatic hydroxyl groups is 1. The van der Waals surface area contributed by atoms with Crippen molar-refractivity contribution < 1.29 is 19.8 Å². The van der Waals surface area contributed by atoms with Crippen LogP contribution in [0.2, 0.25) is 0 Å². The summed E-state index contributed by atoms with van der Waals surface area (Å²) in [4.78, 5) is 30.2. The van der Waals surface area contributed by atoms with Gasteiger partial charge >= 0.3 is 5.97 Å². The molecule has 0 aromatic carbocycles. The molecule has 1 aromatic rings. The quantitative estimate of drug-likeness (QED) is 0.503. The number of piperidine rings is 1. The van der Waals surface area contributed by atoms with Crippen LogP contribution in [0, 0.1) is 0 Å². The monoisotopic (exact) mass is 417 g/mol. The molecule has 0 amide bonds. The van der Waals surface area contributed by atoms with Crippen molar-refractivity contribution in [3.63, 3.8) is 0 Å². The van der Waals surface area contributed by atoms with E-state index >= 15 is 0 Å². The fourth-order valence-electron chi connectivity index (χ4n) is 4.40. The fourth-order valence-corrected chi connectivity index (χ4v) is 4.40. The zero-order valence-electron chi connectivity index (χ0n) is 18.0. The Morgan fingerprint density at radius 1 is 1.20 bits per heavy atom. The summed E-state index contributed by atoms with van der Waals surface area (Å²) >= 11 is 0. The molecule has 0 aliphatic carbocycles. The van der Waals surface area contributed by atoms with E-state index in [0.29, 0.717) is 32.4 Å². The number of likely N-dealkylation sites (tertiary alicyclic amines) is 1. The Labute approximate surface area is 178 Å². The van der Waals surface area contributed by atoms with Crippen molar-refractivity contribution >= 4 is 17.6 Å². The van der Waals surface area contributed by atoms with E-state index in [2.05, 4.69) is 17.4 Å². The lowest BCUT2D eigenvalue weighted by Crippen LogP contribution is -2.52. The van der Waals surface area contributed by atoms with Crippen molar-refractivity contribution in [1.29, 1.82) is 0 Å². The van der Waals surface area contributed by atoms with Gasteiger partial charge in [0.25, 0.3) is 0 Å². The summed E-state index contributed by atoms with van der Waals surface area (Å²) in [5.74, 6) is 0.0857. The number of aryl methyl sites for hydroxylation is 2. The van der Waals surface area contributed by atoms with Gasteiger partial charge in [0, 0.05) is 31.7 Å². The summed E-state index contributed by atoms with van der Waals surface area (Å²) in [7, 11) is 0. The van der Waals surface area contributed by atoms with Crippen molar-refractivity contribution in [2.75, 3.05) is 25.0 Å². The molecule has 0 saturated carbocycles. The highest BCUT2D eigenvalue weighted by molar-refractivity contribution is 5.87. The van der Waals surface area contributed by atoms with Crippen LogP contribution >= 0.6 is 0 Å². The molecule has 30 heavy (non-hydrogen) atoms. The highest BCUT2D eigenvalue weighted by Crippen LogP contribution is 2.27. The molecule has 2 aliphatic heterocycles. The molecule has 7 nitrogen and oxygen atoms in total. The first kappa shape index (κ1) is 22.7. The van der Waals surface area contributed by atoms with Crippen LogP contribution in [-0.4, -0.2) is 63.1 Å². The maximum absolute atomic E-state index is 12.5. The number of carbonyl (C=O) groups excluding carboxylic acids is 1. The number of anilines is 1. The third kappa shape index (κ3) is 5.79. The highest BCUT2D eigenvalue weighted by atomic mass is 16.4. The molecular weight excluding hydrogens is 382 g/mol. The zero-order valence-corrected chi connectivity index (χ0v) is 18.0. The standard InChI is InChI=1S/C23H35N3O4/c1-17(22(28)29)26-15-12-23(30,13-16-26)20(27)9-5-3-2-4-8-19-11-10-18-7-6-14-24-21(18)25-19/h10-11,17,30H,2-9,12-16H2,1H3,(H,24,25)(H,28,29).